The van der Waals surface area contributed by atoms with Gasteiger partial charge in [-0.15, -0.1) is 0 Å². The summed E-state index contributed by atoms with van der Waals surface area (Å²) >= 11 is 0. The van der Waals surface area contributed by atoms with Gasteiger partial charge >= 0.3 is 11.9 Å². The average molecular weight is 881 g/mol. The SMILES string of the molecule is CCCCCCCCC(CCCCCCCC)OC(=O)CCCCCN(CCO)CCCCN(CCO)CCCCCC(=O)OC(CCCCCCCC)CCCCCCCC. The van der Waals surface area contributed by atoms with Crippen LogP contribution in [-0.4, -0.2) is 96.6 Å². The molecule has 0 amide bonds. The van der Waals surface area contributed by atoms with Crippen LogP contribution in [0.5, 0.6) is 0 Å². The summed E-state index contributed by atoms with van der Waals surface area (Å²) in [4.78, 5) is 30.4. The number of ether oxygens (including phenoxy) is 2. The molecule has 0 radical (unpaired) electrons. The van der Waals surface area contributed by atoms with Crippen LogP contribution in [0, 0.1) is 0 Å². The van der Waals surface area contributed by atoms with E-state index in [1.807, 2.05) is 0 Å². The standard InChI is InChI=1S/C54H108N2O6/c1-5-9-13-17-21-27-37-51(38-28-22-18-14-10-6-2)61-53(59)41-31-25-33-43-55(47-49-57)45-35-36-46-56(48-50-58)44-34-26-32-42-54(60)62-52(39-29-23-19-15-11-7-3)40-30-24-20-16-12-8-4/h51-52,57-58H,5-50H2,1-4H3. The molecular weight excluding hydrogens is 773 g/mol. The van der Waals surface area contributed by atoms with Crippen molar-refractivity contribution in [3.63, 3.8) is 0 Å². The Morgan fingerprint density at radius 2 is 0.581 bits per heavy atom. The minimum absolute atomic E-state index is 0.0181. The highest BCUT2D eigenvalue weighted by molar-refractivity contribution is 5.69. The third-order valence-electron chi connectivity index (χ3n) is 12.9. The molecule has 370 valence electrons. The molecule has 0 fully saturated rings. The Balaban J connectivity index is 4.46. The summed E-state index contributed by atoms with van der Waals surface area (Å²) in [6.07, 6.45) is 43.6. The number of rotatable bonds is 51. The second-order valence-electron chi connectivity index (χ2n) is 18.9. The number of aliphatic hydroxyl groups is 2. The predicted octanol–water partition coefficient (Wildman–Crippen LogP) is 14.3. The Bertz CT molecular complexity index is 817. The van der Waals surface area contributed by atoms with E-state index in [2.05, 4.69) is 37.5 Å². The van der Waals surface area contributed by atoms with E-state index in [1.54, 1.807) is 0 Å². The quantitative estimate of drug-likeness (QED) is 0.0460. The van der Waals surface area contributed by atoms with E-state index in [0.29, 0.717) is 25.9 Å². The van der Waals surface area contributed by atoms with E-state index in [4.69, 9.17) is 9.47 Å². The van der Waals surface area contributed by atoms with Crippen LogP contribution in [0.15, 0.2) is 0 Å². The normalized spacial score (nSPS) is 11.8. The maximum Gasteiger partial charge on any atom is 0.306 e. The Kier molecular flexibility index (Phi) is 48.3. The number of aliphatic hydroxyl groups excluding tert-OH is 2. The molecule has 0 saturated carbocycles. The van der Waals surface area contributed by atoms with Gasteiger partial charge in [0.2, 0.25) is 0 Å². The molecule has 0 rings (SSSR count). The lowest BCUT2D eigenvalue weighted by molar-refractivity contribution is -0.151. The van der Waals surface area contributed by atoms with Crippen LogP contribution < -0.4 is 0 Å². The first kappa shape index (κ1) is 60.8. The molecule has 8 heteroatoms. The molecule has 0 aliphatic carbocycles. The summed E-state index contributed by atoms with van der Waals surface area (Å²) in [6.45, 7) is 14.5. The summed E-state index contributed by atoms with van der Waals surface area (Å²) in [5, 5.41) is 19.5. The molecular formula is C54H108N2O6. The topological polar surface area (TPSA) is 99.5 Å². The second-order valence-corrected chi connectivity index (χ2v) is 18.9. The van der Waals surface area contributed by atoms with Crippen molar-refractivity contribution >= 4 is 11.9 Å². The molecule has 0 aliphatic rings. The van der Waals surface area contributed by atoms with E-state index in [9.17, 15) is 19.8 Å². The van der Waals surface area contributed by atoms with Gasteiger partial charge in [0.05, 0.1) is 13.2 Å². The first-order valence-electron chi connectivity index (χ1n) is 27.5. The Morgan fingerprint density at radius 3 is 0.855 bits per heavy atom. The van der Waals surface area contributed by atoms with Crippen molar-refractivity contribution in [2.24, 2.45) is 0 Å². The first-order valence-corrected chi connectivity index (χ1v) is 27.5. The van der Waals surface area contributed by atoms with Gasteiger partial charge < -0.3 is 29.5 Å². The third-order valence-corrected chi connectivity index (χ3v) is 12.9. The summed E-state index contributed by atoms with van der Waals surface area (Å²) in [5.74, 6) is -0.0362. The molecule has 0 saturated heterocycles. The lowest BCUT2D eigenvalue weighted by Crippen LogP contribution is -2.31. The number of hydrogen-bond donors (Lipinski definition) is 2. The van der Waals surface area contributed by atoms with Crippen molar-refractivity contribution in [1.82, 2.24) is 9.80 Å². The number of hydrogen-bond acceptors (Lipinski definition) is 8. The maximum absolute atomic E-state index is 12.9. The molecule has 0 spiro atoms. The zero-order valence-corrected chi connectivity index (χ0v) is 42.1. The highest BCUT2D eigenvalue weighted by atomic mass is 16.5. The second kappa shape index (κ2) is 49.2. The van der Waals surface area contributed by atoms with E-state index >= 15 is 0 Å². The van der Waals surface area contributed by atoms with Gasteiger partial charge in [-0.3, -0.25) is 9.59 Å². The maximum atomic E-state index is 12.9. The van der Waals surface area contributed by atoms with Crippen LogP contribution in [0.4, 0.5) is 0 Å². The lowest BCUT2D eigenvalue weighted by atomic mass is 10.0. The number of carbonyl (C=O) groups excluding carboxylic acids is 2. The van der Waals surface area contributed by atoms with Gasteiger partial charge in [0.1, 0.15) is 12.2 Å². The molecule has 2 N–H and O–H groups in total. The Labute approximate surface area is 386 Å². The van der Waals surface area contributed by atoms with Crippen molar-refractivity contribution < 1.29 is 29.3 Å². The molecule has 0 aromatic carbocycles. The van der Waals surface area contributed by atoms with Gasteiger partial charge in [-0.25, -0.2) is 0 Å². The molecule has 0 aromatic heterocycles. The van der Waals surface area contributed by atoms with Crippen molar-refractivity contribution in [1.29, 1.82) is 0 Å². The zero-order chi connectivity index (χ0) is 45.4. The van der Waals surface area contributed by atoms with Gasteiger partial charge in [-0.2, -0.15) is 0 Å². The number of carbonyl (C=O) groups is 2. The van der Waals surface area contributed by atoms with Crippen molar-refractivity contribution in [2.45, 2.75) is 284 Å². The number of unbranched alkanes of at least 4 members (excludes halogenated alkanes) is 25. The Morgan fingerprint density at radius 1 is 0.339 bits per heavy atom. The van der Waals surface area contributed by atoms with Crippen LogP contribution in [0.25, 0.3) is 0 Å². The van der Waals surface area contributed by atoms with Crippen molar-refractivity contribution in [3.05, 3.63) is 0 Å². The molecule has 0 atom stereocenters. The summed E-state index contributed by atoms with van der Waals surface area (Å²) in [7, 11) is 0. The van der Waals surface area contributed by atoms with Crippen LogP contribution in [0.2, 0.25) is 0 Å². The zero-order valence-electron chi connectivity index (χ0n) is 42.1. The lowest BCUT2D eigenvalue weighted by Gasteiger charge is -2.24. The van der Waals surface area contributed by atoms with E-state index in [1.165, 1.54) is 128 Å². The minimum atomic E-state index is -0.0181. The van der Waals surface area contributed by atoms with Gasteiger partial charge in [-0.1, -0.05) is 169 Å². The Hall–Kier alpha value is -1.22. The molecule has 62 heavy (non-hydrogen) atoms. The van der Waals surface area contributed by atoms with Crippen molar-refractivity contribution in [3.8, 4) is 0 Å². The molecule has 0 unspecified atom stereocenters. The van der Waals surface area contributed by atoms with Gasteiger partial charge in [0, 0.05) is 25.9 Å². The van der Waals surface area contributed by atoms with E-state index in [-0.39, 0.29) is 37.4 Å². The molecule has 0 aliphatic heterocycles. The summed E-state index contributed by atoms with van der Waals surface area (Å²) in [6, 6.07) is 0. The smallest absolute Gasteiger partial charge is 0.306 e. The first-order chi connectivity index (χ1) is 30.4. The van der Waals surface area contributed by atoms with E-state index < -0.39 is 0 Å². The highest BCUT2D eigenvalue weighted by Crippen LogP contribution is 2.20. The largest absolute Gasteiger partial charge is 0.462 e. The molecule has 0 heterocycles. The summed E-state index contributed by atoms with van der Waals surface area (Å²) < 4.78 is 12.1. The molecule has 8 nitrogen and oxygen atoms in total. The minimum Gasteiger partial charge on any atom is -0.462 e. The third kappa shape index (κ3) is 42.7. The summed E-state index contributed by atoms with van der Waals surface area (Å²) in [5.41, 5.74) is 0. The van der Waals surface area contributed by atoms with Gasteiger partial charge in [-0.05, 0) is 116 Å². The molecule has 0 bridgehead atoms. The van der Waals surface area contributed by atoms with Crippen LogP contribution in [0.3, 0.4) is 0 Å². The average Bonchev–Trinajstić information content (AvgIpc) is 3.26. The highest BCUT2D eigenvalue weighted by Gasteiger charge is 2.16. The van der Waals surface area contributed by atoms with Crippen LogP contribution >= 0.6 is 0 Å². The fraction of sp³-hybridized carbons (Fsp3) is 0.963. The van der Waals surface area contributed by atoms with Gasteiger partial charge in [0.25, 0.3) is 0 Å². The number of esters is 2. The van der Waals surface area contributed by atoms with E-state index in [0.717, 1.165) is 129 Å². The fourth-order valence-electron chi connectivity index (χ4n) is 8.81. The van der Waals surface area contributed by atoms with Crippen molar-refractivity contribution in [2.75, 3.05) is 52.5 Å². The van der Waals surface area contributed by atoms with Crippen LogP contribution in [-0.2, 0) is 19.1 Å². The molecule has 0 aromatic rings. The predicted molar refractivity (Wildman–Crippen MR) is 265 cm³/mol. The monoisotopic (exact) mass is 881 g/mol. The van der Waals surface area contributed by atoms with Gasteiger partial charge in [0.15, 0.2) is 0 Å². The fourth-order valence-corrected chi connectivity index (χ4v) is 8.81. The number of nitrogens with zero attached hydrogens (tertiary/aromatic N) is 2. The van der Waals surface area contributed by atoms with Crippen LogP contribution in [0.1, 0.15) is 272 Å².